The molecular weight excluding hydrogens is 431 g/mol. The number of nitrogens with zero attached hydrogens (tertiary/aromatic N) is 6. The van der Waals surface area contributed by atoms with Crippen molar-refractivity contribution < 1.29 is 0 Å². The molecule has 0 bridgehead atoms. The molecule has 2 rings (SSSR count). The summed E-state index contributed by atoms with van der Waals surface area (Å²) >= 11 is 0. The number of aryl methyl sites for hydroxylation is 1. The van der Waals surface area contributed by atoms with Crippen LogP contribution in [-0.2, 0) is 19.6 Å². The predicted octanol–water partition coefficient (Wildman–Crippen LogP) is 2.11. The first kappa shape index (κ1) is 21.1. The summed E-state index contributed by atoms with van der Waals surface area (Å²) in [5, 5.41) is 19.0. The monoisotopic (exact) mass is 458 g/mol. The first-order valence-electron chi connectivity index (χ1n) is 8.17. The minimum atomic E-state index is 0. The Kier molecular flexibility index (Phi) is 9.17. The molecule has 0 aliphatic heterocycles. The lowest BCUT2D eigenvalue weighted by atomic mass is 10.4. The van der Waals surface area contributed by atoms with E-state index in [0.717, 1.165) is 18.1 Å². The fourth-order valence-corrected chi connectivity index (χ4v) is 2.10. The molecule has 2 aromatic heterocycles. The molecule has 2 heterocycles. The van der Waals surface area contributed by atoms with Crippen LogP contribution in [0.1, 0.15) is 38.3 Å². The second-order valence-corrected chi connectivity index (χ2v) is 5.60. The van der Waals surface area contributed by atoms with Gasteiger partial charge in [-0.15, -0.1) is 40.8 Å². The highest BCUT2D eigenvalue weighted by molar-refractivity contribution is 14.0. The Labute approximate surface area is 165 Å². The van der Waals surface area contributed by atoms with Crippen molar-refractivity contribution in [2.75, 3.05) is 6.54 Å². The minimum Gasteiger partial charge on any atom is -0.353 e. The van der Waals surface area contributed by atoms with Gasteiger partial charge in [0.05, 0.1) is 18.8 Å². The number of aliphatic imine (C=N–C) groups is 1. The third-order valence-corrected chi connectivity index (χ3v) is 3.46. The van der Waals surface area contributed by atoms with Crippen LogP contribution in [0, 0.1) is 0 Å². The van der Waals surface area contributed by atoms with E-state index in [1.54, 1.807) is 12.4 Å². The lowest BCUT2D eigenvalue weighted by Crippen LogP contribution is -2.37. The van der Waals surface area contributed by atoms with E-state index in [-0.39, 0.29) is 24.0 Å². The fraction of sp³-hybridized carbons (Fsp3) is 0.500. The van der Waals surface area contributed by atoms with Gasteiger partial charge in [0.15, 0.2) is 11.8 Å². The van der Waals surface area contributed by atoms with Gasteiger partial charge in [-0.05, 0) is 26.8 Å². The van der Waals surface area contributed by atoms with Crippen LogP contribution in [0.25, 0.3) is 0 Å². The molecule has 2 N–H and O–H groups in total. The van der Waals surface area contributed by atoms with Crippen molar-refractivity contribution in [3.05, 3.63) is 42.8 Å². The van der Waals surface area contributed by atoms with Crippen molar-refractivity contribution in [1.82, 2.24) is 35.2 Å². The van der Waals surface area contributed by atoms with Crippen LogP contribution in [-0.4, -0.2) is 37.0 Å². The Balaban J connectivity index is 0.00000312. The van der Waals surface area contributed by atoms with Gasteiger partial charge in [0.1, 0.15) is 6.33 Å². The molecule has 0 aliphatic carbocycles. The van der Waals surface area contributed by atoms with Gasteiger partial charge >= 0.3 is 0 Å². The first-order chi connectivity index (χ1) is 11.6. The van der Waals surface area contributed by atoms with Crippen LogP contribution < -0.4 is 10.6 Å². The van der Waals surface area contributed by atoms with E-state index in [0.29, 0.717) is 31.6 Å². The molecule has 0 amide bonds. The molecule has 9 heteroatoms. The zero-order valence-corrected chi connectivity index (χ0v) is 17.3. The van der Waals surface area contributed by atoms with Crippen molar-refractivity contribution in [1.29, 1.82) is 0 Å². The first-order valence-corrected chi connectivity index (χ1v) is 8.17. The van der Waals surface area contributed by atoms with Crippen molar-refractivity contribution in [3.63, 3.8) is 0 Å². The Bertz CT molecular complexity index is 673. The topological polar surface area (TPSA) is 84.9 Å². The van der Waals surface area contributed by atoms with Crippen LogP contribution in [0.4, 0.5) is 0 Å². The van der Waals surface area contributed by atoms with Crippen LogP contribution in [0.5, 0.6) is 0 Å². The second kappa shape index (κ2) is 10.9. The van der Waals surface area contributed by atoms with E-state index in [4.69, 9.17) is 0 Å². The van der Waals surface area contributed by atoms with Crippen molar-refractivity contribution in [3.8, 4) is 0 Å². The van der Waals surface area contributed by atoms with Crippen LogP contribution in [0.3, 0.4) is 0 Å². The van der Waals surface area contributed by atoms with E-state index in [1.165, 1.54) is 0 Å². The molecule has 0 atom stereocenters. The van der Waals surface area contributed by atoms with Crippen LogP contribution in [0.2, 0.25) is 0 Å². The highest BCUT2D eigenvalue weighted by atomic mass is 127. The summed E-state index contributed by atoms with van der Waals surface area (Å²) in [7, 11) is 0. The van der Waals surface area contributed by atoms with E-state index < -0.39 is 0 Å². The molecule has 0 spiro atoms. The molecule has 0 saturated heterocycles. The number of halogens is 1. The average Bonchev–Trinajstić information content (AvgIpc) is 3.23. The van der Waals surface area contributed by atoms with Gasteiger partial charge in [0.25, 0.3) is 0 Å². The number of nitrogens with one attached hydrogen (secondary N) is 2. The lowest BCUT2D eigenvalue weighted by Gasteiger charge is -2.11. The largest absolute Gasteiger partial charge is 0.353 e. The third kappa shape index (κ3) is 6.48. The maximum absolute atomic E-state index is 4.57. The Morgan fingerprint density at radius 2 is 2.20 bits per heavy atom. The molecule has 138 valence electrons. The third-order valence-electron chi connectivity index (χ3n) is 3.46. The van der Waals surface area contributed by atoms with Crippen molar-refractivity contribution in [2.24, 2.45) is 4.99 Å². The molecule has 0 fully saturated rings. The van der Waals surface area contributed by atoms with Crippen molar-refractivity contribution >= 4 is 29.9 Å². The molecule has 0 radical (unpaired) electrons. The van der Waals surface area contributed by atoms with Gasteiger partial charge in [-0.2, -0.15) is 5.10 Å². The Morgan fingerprint density at radius 3 is 2.84 bits per heavy atom. The van der Waals surface area contributed by atoms with Gasteiger partial charge in [-0.3, -0.25) is 4.68 Å². The van der Waals surface area contributed by atoms with Crippen LogP contribution >= 0.6 is 24.0 Å². The fourth-order valence-electron chi connectivity index (χ4n) is 2.10. The number of rotatable bonds is 8. The average molecular weight is 458 g/mol. The van der Waals surface area contributed by atoms with E-state index >= 15 is 0 Å². The SMILES string of the molecule is C=CCNC(=NCc1ccn(C(C)C)n1)NCc1nncn1CC.I. The van der Waals surface area contributed by atoms with Crippen molar-refractivity contribution in [2.45, 2.75) is 46.4 Å². The summed E-state index contributed by atoms with van der Waals surface area (Å²) in [4.78, 5) is 4.57. The summed E-state index contributed by atoms with van der Waals surface area (Å²) in [6.07, 6.45) is 5.49. The van der Waals surface area contributed by atoms with Gasteiger partial charge in [-0.25, -0.2) is 4.99 Å². The predicted molar refractivity (Wildman–Crippen MR) is 110 cm³/mol. The molecule has 8 nitrogen and oxygen atoms in total. The quantitative estimate of drug-likeness (QED) is 0.274. The van der Waals surface area contributed by atoms with Crippen LogP contribution in [0.15, 0.2) is 36.2 Å². The standard InChI is InChI=1S/C16H26N8.HI/c1-5-8-17-16(19-11-15-21-20-12-23(15)6-2)18-10-14-7-9-24(22-14)13(3)4;/h5,7,9,12-13H,1,6,8,10-11H2,2-4H3,(H2,17,18,19);1H. The summed E-state index contributed by atoms with van der Waals surface area (Å²) in [6, 6.07) is 2.34. The Hall–Kier alpha value is -1.91. The van der Waals surface area contributed by atoms with Gasteiger partial charge in [0, 0.05) is 25.3 Å². The second-order valence-electron chi connectivity index (χ2n) is 5.60. The number of aromatic nitrogens is 5. The molecule has 0 saturated carbocycles. The van der Waals surface area contributed by atoms with Gasteiger partial charge in [-0.1, -0.05) is 6.08 Å². The highest BCUT2D eigenvalue weighted by Gasteiger charge is 2.05. The summed E-state index contributed by atoms with van der Waals surface area (Å²) in [6.45, 7) is 12.5. The van der Waals surface area contributed by atoms with Gasteiger partial charge < -0.3 is 15.2 Å². The molecule has 0 aromatic carbocycles. The molecular formula is C16H27IN8. The molecule has 25 heavy (non-hydrogen) atoms. The summed E-state index contributed by atoms with van der Waals surface area (Å²) < 4.78 is 3.92. The number of hydrogen-bond acceptors (Lipinski definition) is 4. The molecule has 0 unspecified atom stereocenters. The number of hydrogen-bond donors (Lipinski definition) is 2. The number of guanidine groups is 1. The van der Waals surface area contributed by atoms with Gasteiger partial charge in [0.2, 0.25) is 0 Å². The highest BCUT2D eigenvalue weighted by Crippen LogP contribution is 2.05. The zero-order valence-electron chi connectivity index (χ0n) is 15.0. The normalized spacial score (nSPS) is 11.3. The maximum atomic E-state index is 4.57. The Morgan fingerprint density at radius 1 is 1.40 bits per heavy atom. The van der Waals surface area contributed by atoms with E-state index in [1.807, 2.05) is 21.5 Å². The maximum Gasteiger partial charge on any atom is 0.192 e. The summed E-state index contributed by atoms with van der Waals surface area (Å²) in [5.74, 6) is 1.56. The lowest BCUT2D eigenvalue weighted by molar-refractivity contribution is 0.526. The van der Waals surface area contributed by atoms with E-state index in [9.17, 15) is 0 Å². The minimum absolute atomic E-state index is 0. The molecule has 2 aromatic rings. The smallest absolute Gasteiger partial charge is 0.192 e. The zero-order chi connectivity index (χ0) is 17.4. The van der Waals surface area contributed by atoms with E-state index in [2.05, 4.69) is 58.3 Å². The summed E-state index contributed by atoms with van der Waals surface area (Å²) in [5.41, 5.74) is 0.931. The molecule has 0 aliphatic rings.